The molecule has 1 N–H and O–H groups in total. The minimum absolute atomic E-state index is 0.0920. The number of ether oxygens (including phenoxy) is 1. The van der Waals surface area contributed by atoms with Crippen LogP contribution in [0.25, 0.3) is 0 Å². The summed E-state index contributed by atoms with van der Waals surface area (Å²) in [5.74, 6) is 2.62. The van der Waals surface area contributed by atoms with Crippen molar-refractivity contribution in [3.8, 4) is 0 Å². The molecule has 6 nitrogen and oxygen atoms in total. The van der Waals surface area contributed by atoms with Crippen molar-refractivity contribution in [2.24, 2.45) is 17.8 Å². The van der Waals surface area contributed by atoms with Crippen molar-refractivity contribution >= 4 is 17.5 Å². The molecule has 2 saturated heterocycles. The second-order valence-electron chi connectivity index (χ2n) is 11.5. The van der Waals surface area contributed by atoms with E-state index in [0.29, 0.717) is 18.5 Å². The molecule has 3 aliphatic heterocycles. The van der Waals surface area contributed by atoms with Crippen molar-refractivity contribution in [2.75, 3.05) is 38.3 Å². The molecule has 3 heterocycles. The van der Waals surface area contributed by atoms with Crippen molar-refractivity contribution in [2.45, 2.75) is 75.8 Å². The minimum Gasteiger partial charge on any atom is -0.381 e. The number of rotatable bonds is 4. The number of piperidine rings is 1. The van der Waals surface area contributed by atoms with E-state index in [1.807, 2.05) is 11.0 Å². The van der Waals surface area contributed by atoms with Gasteiger partial charge in [-0.15, -0.1) is 0 Å². The van der Waals surface area contributed by atoms with E-state index in [9.17, 15) is 9.59 Å². The molecular weight excluding hydrogens is 426 g/mol. The van der Waals surface area contributed by atoms with Gasteiger partial charge in [-0.2, -0.15) is 0 Å². The van der Waals surface area contributed by atoms with Crippen molar-refractivity contribution in [3.05, 3.63) is 29.3 Å². The topological polar surface area (TPSA) is 61.9 Å². The van der Waals surface area contributed by atoms with E-state index < -0.39 is 0 Å². The predicted molar refractivity (Wildman–Crippen MR) is 132 cm³/mol. The molecule has 2 amide bonds. The Kier molecular flexibility index (Phi) is 6.04. The number of hydrogen-bond donors (Lipinski definition) is 1. The standard InChI is InChI=1S/C28H39N3O3/c1-30-25-8-6-20(18-10-13-34-14-11-18)15-23(25)24-16-21(7-9-26(24)30)28(33)31-12-2-3-22(17-31)29-27(32)19-4-5-19/h7,9,16,18-20,22-23,25H,2-6,8,10-15,17H2,1H3,(H,29,32). The lowest BCUT2D eigenvalue weighted by Gasteiger charge is -2.40. The molecule has 4 unspecified atom stereocenters. The highest BCUT2D eigenvalue weighted by atomic mass is 16.5. The van der Waals surface area contributed by atoms with Gasteiger partial charge in [0.15, 0.2) is 0 Å². The Bertz CT molecular complexity index is 939. The summed E-state index contributed by atoms with van der Waals surface area (Å²) >= 11 is 0. The average Bonchev–Trinajstić information content (AvgIpc) is 3.70. The van der Waals surface area contributed by atoms with Gasteiger partial charge in [-0.05, 0) is 93.4 Å². The Balaban J connectivity index is 1.17. The van der Waals surface area contributed by atoms with Gasteiger partial charge >= 0.3 is 0 Å². The lowest BCUT2D eigenvalue weighted by atomic mass is 9.70. The van der Waals surface area contributed by atoms with Crippen LogP contribution in [0.1, 0.15) is 79.6 Å². The number of amides is 2. The Morgan fingerprint density at radius 3 is 2.62 bits per heavy atom. The molecule has 5 aliphatic rings. The summed E-state index contributed by atoms with van der Waals surface area (Å²) in [5, 5.41) is 3.19. The maximum absolute atomic E-state index is 13.5. The Morgan fingerprint density at radius 2 is 1.82 bits per heavy atom. The SMILES string of the molecule is CN1c2ccc(C(=O)N3CCCC(NC(=O)C4CC4)C3)cc2C2CC(C3CCOCC3)CCC21. The molecule has 2 aliphatic carbocycles. The average molecular weight is 466 g/mol. The van der Waals surface area contributed by atoms with Crippen LogP contribution in [0.2, 0.25) is 0 Å². The van der Waals surface area contributed by atoms with Crippen LogP contribution in [0.4, 0.5) is 5.69 Å². The van der Waals surface area contributed by atoms with E-state index in [2.05, 4.69) is 29.4 Å². The highest BCUT2D eigenvalue weighted by Crippen LogP contribution is 2.51. The minimum atomic E-state index is 0.0920. The van der Waals surface area contributed by atoms with Crippen molar-refractivity contribution < 1.29 is 14.3 Å². The molecular formula is C28H39N3O3. The second-order valence-corrected chi connectivity index (χ2v) is 11.5. The van der Waals surface area contributed by atoms with Crippen LogP contribution in [-0.4, -0.2) is 62.1 Å². The summed E-state index contributed by atoms with van der Waals surface area (Å²) in [5.41, 5.74) is 3.51. The van der Waals surface area contributed by atoms with Gasteiger partial charge in [-0.25, -0.2) is 0 Å². The first-order valence-corrected chi connectivity index (χ1v) is 13.6. The second kappa shape index (κ2) is 9.18. The normalized spacial score (nSPS) is 31.7. The Labute approximate surface area is 203 Å². The fraction of sp³-hybridized carbons (Fsp3) is 0.714. The van der Waals surface area contributed by atoms with Crippen LogP contribution < -0.4 is 10.2 Å². The first-order valence-electron chi connectivity index (χ1n) is 13.6. The monoisotopic (exact) mass is 465 g/mol. The van der Waals surface area contributed by atoms with Crippen molar-refractivity contribution in [1.29, 1.82) is 0 Å². The smallest absolute Gasteiger partial charge is 0.253 e. The number of hydrogen-bond acceptors (Lipinski definition) is 4. The molecule has 4 atom stereocenters. The van der Waals surface area contributed by atoms with Crippen LogP contribution in [-0.2, 0) is 9.53 Å². The van der Waals surface area contributed by atoms with Crippen LogP contribution in [0, 0.1) is 17.8 Å². The maximum atomic E-state index is 13.5. The molecule has 0 radical (unpaired) electrons. The molecule has 34 heavy (non-hydrogen) atoms. The van der Waals surface area contributed by atoms with E-state index in [1.54, 1.807) is 0 Å². The van der Waals surface area contributed by atoms with Gasteiger partial charge in [0.2, 0.25) is 5.91 Å². The molecule has 2 saturated carbocycles. The van der Waals surface area contributed by atoms with Gasteiger partial charge in [-0.3, -0.25) is 9.59 Å². The lowest BCUT2D eigenvalue weighted by molar-refractivity contribution is -0.123. The highest BCUT2D eigenvalue weighted by molar-refractivity contribution is 5.95. The molecule has 0 bridgehead atoms. The van der Waals surface area contributed by atoms with Gasteiger partial charge in [0.25, 0.3) is 5.91 Å². The number of anilines is 1. The van der Waals surface area contributed by atoms with Gasteiger partial charge in [0.1, 0.15) is 0 Å². The highest BCUT2D eigenvalue weighted by Gasteiger charge is 2.43. The summed E-state index contributed by atoms with van der Waals surface area (Å²) in [7, 11) is 2.23. The summed E-state index contributed by atoms with van der Waals surface area (Å²) < 4.78 is 5.62. The Morgan fingerprint density at radius 1 is 1.00 bits per heavy atom. The zero-order valence-electron chi connectivity index (χ0n) is 20.5. The van der Waals surface area contributed by atoms with E-state index in [1.165, 1.54) is 43.4 Å². The molecule has 1 aromatic rings. The molecule has 1 aromatic carbocycles. The molecule has 6 rings (SSSR count). The number of benzene rings is 1. The van der Waals surface area contributed by atoms with Gasteiger partial charge in [0.05, 0.1) is 0 Å². The third kappa shape index (κ3) is 4.23. The maximum Gasteiger partial charge on any atom is 0.253 e. The molecule has 184 valence electrons. The fourth-order valence-electron chi connectivity index (χ4n) is 7.21. The van der Waals surface area contributed by atoms with Gasteiger partial charge < -0.3 is 19.9 Å². The largest absolute Gasteiger partial charge is 0.381 e. The number of nitrogens with one attached hydrogen (secondary N) is 1. The third-order valence-corrected chi connectivity index (χ3v) is 9.34. The van der Waals surface area contributed by atoms with Crippen LogP contribution >= 0.6 is 0 Å². The fourth-order valence-corrected chi connectivity index (χ4v) is 7.21. The molecule has 4 fully saturated rings. The van der Waals surface area contributed by atoms with Crippen LogP contribution in [0.3, 0.4) is 0 Å². The number of fused-ring (bicyclic) bond motifs is 3. The van der Waals surface area contributed by atoms with E-state index in [0.717, 1.165) is 62.8 Å². The molecule has 0 spiro atoms. The summed E-state index contributed by atoms with van der Waals surface area (Å²) in [6.45, 7) is 3.25. The molecule has 0 aromatic heterocycles. The number of likely N-dealkylation sites (N-methyl/N-ethyl adjacent to an activating group) is 1. The zero-order chi connectivity index (χ0) is 23.2. The van der Waals surface area contributed by atoms with E-state index in [4.69, 9.17) is 4.74 Å². The summed E-state index contributed by atoms with van der Waals surface area (Å²) in [4.78, 5) is 30.2. The van der Waals surface area contributed by atoms with E-state index >= 15 is 0 Å². The summed E-state index contributed by atoms with van der Waals surface area (Å²) in [6, 6.07) is 7.07. The number of likely N-dealkylation sites (tertiary alicyclic amines) is 1. The van der Waals surface area contributed by atoms with Crippen LogP contribution in [0.15, 0.2) is 18.2 Å². The number of nitrogens with zero attached hydrogens (tertiary/aromatic N) is 2. The number of carbonyl (C=O) groups is 2. The molecule has 6 heteroatoms. The summed E-state index contributed by atoms with van der Waals surface area (Å²) in [6.07, 6.45) is 10.2. The predicted octanol–water partition coefficient (Wildman–Crippen LogP) is 3.95. The van der Waals surface area contributed by atoms with Gasteiger partial charge in [0, 0.05) is 68.5 Å². The zero-order valence-corrected chi connectivity index (χ0v) is 20.5. The van der Waals surface area contributed by atoms with Gasteiger partial charge in [-0.1, -0.05) is 0 Å². The number of carbonyl (C=O) groups excluding carboxylic acids is 2. The van der Waals surface area contributed by atoms with Crippen molar-refractivity contribution in [1.82, 2.24) is 10.2 Å². The lowest BCUT2D eigenvalue weighted by Crippen LogP contribution is -2.50. The first kappa shape index (κ1) is 22.4. The Hall–Kier alpha value is -2.08. The quantitative estimate of drug-likeness (QED) is 0.732. The van der Waals surface area contributed by atoms with E-state index in [-0.39, 0.29) is 23.8 Å². The van der Waals surface area contributed by atoms with Crippen molar-refractivity contribution in [3.63, 3.8) is 0 Å². The van der Waals surface area contributed by atoms with Crippen LogP contribution in [0.5, 0.6) is 0 Å². The third-order valence-electron chi connectivity index (χ3n) is 9.34. The first-order chi connectivity index (χ1) is 16.6.